The highest BCUT2D eigenvalue weighted by atomic mass is 19.1. The van der Waals surface area contributed by atoms with Gasteiger partial charge in [-0.15, -0.1) is 0 Å². The van der Waals surface area contributed by atoms with Crippen molar-refractivity contribution in [1.82, 2.24) is 20.5 Å². The Labute approximate surface area is 247 Å². The molecule has 0 saturated carbocycles. The van der Waals surface area contributed by atoms with Gasteiger partial charge in [-0.05, 0) is 81.2 Å². The molecule has 12 heteroatoms. The highest BCUT2D eigenvalue weighted by Gasteiger charge is 2.26. The number of fused-ring (bicyclic) bond motifs is 1. The van der Waals surface area contributed by atoms with Crippen LogP contribution in [0.4, 0.5) is 20.6 Å². The van der Waals surface area contributed by atoms with Crippen LogP contribution in [-0.4, -0.2) is 64.9 Å². The maximum atomic E-state index is 14.2. The molecular weight excluding hydrogens is 555 g/mol. The van der Waals surface area contributed by atoms with E-state index in [1.165, 1.54) is 25.0 Å². The molecule has 0 spiro atoms. The molecule has 2 aliphatic rings. The number of benzene rings is 2. The quantitative estimate of drug-likeness (QED) is 0.221. The Morgan fingerprint density at radius 1 is 1.07 bits per heavy atom. The number of anilines is 2. The first-order valence-electron chi connectivity index (χ1n) is 14.0. The van der Waals surface area contributed by atoms with E-state index in [-0.39, 0.29) is 24.0 Å². The first-order chi connectivity index (χ1) is 20.6. The molecule has 0 radical (unpaired) electrons. The van der Waals surface area contributed by atoms with Crippen LogP contribution in [0.3, 0.4) is 0 Å². The molecule has 224 valence electrons. The maximum Gasteiger partial charge on any atom is 0.326 e. The predicted octanol–water partition coefficient (Wildman–Crippen LogP) is 3.54. The van der Waals surface area contributed by atoms with Gasteiger partial charge in [-0.1, -0.05) is 12.1 Å². The largest absolute Gasteiger partial charge is 0.392 e. The summed E-state index contributed by atoms with van der Waals surface area (Å²) in [4.78, 5) is 56.1. The summed E-state index contributed by atoms with van der Waals surface area (Å²) in [5.41, 5.74) is 4.29. The van der Waals surface area contributed by atoms with Gasteiger partial charge in [0, 0.05) is 35.7 Å². The van der Waals surface area contributed by atoms with E-state index in [4.69, 9.17) is 5.11 Å². The van der Waals surface area contributed by atoms with Gasteiger partial charge in [-0.25, -0.2) is 9.18 Å². The summed E-state index contributed by atoms with van der Waals surface area (Å²) in [5, 5.41) is 19.4. The summed E-state index contributed by atoms with van der Waals surface area (Å²) in [6.07, 6.45) is 4.08. The van der Waals surface area contributed by atoms with E-state index in [2.05, 4.69) is 31.2 Å². The normalized spacial score (nSPS) is 15.3. The lowest BCUT2D eigenvalue weighted by Crippen LogP contribution is -2.34. The number of H-pyrrole nitrogens is 1. The molecule has 2 aliphatic heterocycles. The Bertz CT molecular complexity index is 1640. The lowest BCUT2D eigenvalue weighted by molar-refractivity contribution is -0.110. The van der Waals surface area contributed by atoms with Crippen LogP contribution in [0, 0.1) is 19.7 Å². The van der Waals surface area contributed by atoms with Crippen LogP contribution >= 0.6 is 0 Å². The molecule has 3 aromatic rings. The molecule has 0 aliphatic carbocycles. The third kappa shape index (κ3) is 6.50. The number of rotatable bonds is 8. The van der Waals surface area contributed by atoms with Crippen LogP contribution in [0.1, 0.15) is 61.6 Å². The van der Waals surface area contributed by atoms with E-state index >= 15 is 0 Å². The molecular formula is C31H33FN6O5. The Kier molecular flexibility index (Phi) is 8.69. The zero-order valence-electron chi connectivity index (χ0n) is 23.9. The van der Waals surface area contributed by atoms with Gasteiger partial charge in [-0.3, -0.25) is 19.7 Å². The smallest absolute Gasteiger partial charge is 0.326 e. The number of hydrogen-bond donors (Lipinski definition) is 6. The number of hydrogen-bond acceptors (Lipinski definition) is 6. The van der Waals surface area contributed by atoms with Crippen molar-refractivity contribution in [3.63, 3.8) is 0 Å². The molecule has 5 amide bonds. The van der Waals surface area contributed by atoms with Gasteiger partial charge in [0.2, 0.25) is 0 Å². The maximum absolute atomic E-state index is 14.2. The van der Waals surface area contributed by atoms with E-state index in [0.717, 1.165) is 31.3 Å². The summed E-state index contributed by atoms with van der Waals surface area (Å²) < 4.78 is 14.2. The number of nitrogens with one attached hydrogen (secondary N) is 5. The summed E-state index contributed by atoms with van der Waals surface area (Å²) in [7, 11) is 0. The minimum atomic E-state index is -0.949. The Balaban J connectivity index is 1.25. The molecule has 6 N–H and O–H groups in total. The fourth-order valence-electron chi connectivity index (χ4n) is 5.42. The molecule has 0 bridgehead atoms. The van der Waals surface area contributed by atoms with Gasteiger partial charge >= 0.3 is 6.03 Å². The van der Waals surface area contributed by atoms with Gasteiger partial charge in [0.1, 0.15) is 5.82 Å². The SMILES string of the molecule is Cc1[nH]c(C=C2C(=O)Nc3cc(NC(=O)NC(=O)c4ccc(CO)cc4F)ccc32)c(C)c1C(=O)NCCN1CCCC1. The number of aryl methyl sites for hydroxylation is 1. The van der Waals surface area contributed by atoms with Gasteiger partial charge in [-0.2, -0.15) is 0 Å². The van der Waals surface area contributed by atoms with E-state index < -0.39 is 17.8 Å². The average molecular weight is 589 g/mol. The number of aliphatic hydroxyl groups excluding tert-OH is 1. The summed E-state index contributed by atoms with van der Waals surface area (Å²) in [5.74, 6) is -2.33. The molecule has 43 heavy (non-hydrogen) atoms. The molecule has 3 heterocycles. The second kappa shape index (κ2) is 12.6. The van der Waals surface area contributed by atoms with Crippen LogP contribution in [0.25, 0.3) is 11.6 Å². The van der Waals surface area contributed by atoms with E-state index in [1.54, 1.807) is 24.3 Å². The van der Waals surface area contributed by atoms with Crippen LogP contribution in [0.2, 0.25) is 0 Å². The number of carbonyl (C=O) groups excluding carboxylic acids is 4. The van der Waals surface area contributed by atoms with Crippen molar-refractivity contribution in [1.29, 1.82) is 0 Å². The van der Waals surface area contributed by atoms with Crippen molar-refractivity contribution in [2.24, 2.45) is 0 Å². The first kappa shape index (κ1) is 29.7. The number of halogens is 1. The second-order valence-corrected chi connectivity index (χ2v) is 10.6. The van der Waals surface area contributed by atoms with Crippen molar-refractivity contribution in [3.05, 3.63) is 81.4 Å². The van der Waals surface area contributed by atoms with Crippen molar-refractivity contribution in [2.75, 3.05) is 36.8 Å². The minimum absolute atomic E-state index is 0.163. The molecule has 1 saturated heterocycles. The van der Waals surface area contributed by atoms with Crippen LogP contribution in [0.5, 0.6) is 0 Å². The number of aromatic nitrogens is 1. The third-order valence-electron chi connectivity index (χ3n) is 7.65. The molecule has 2 aromatic carbocycles. The molecule has 1 fully saturated rings. The van der Waals surface area contributed by atoms with Crippen LogP contribution in [0.15, 0.2) is 36.4 Å². The summed E-state index contributed by atoms with van der Waals surface area (Å²) in [6.45, 7) is 6.77. The Morgan fingerprint density at radius 2 is 1.84 bits per heavy atom. The van der Waals surface area contributed by atoms with Crippen molar-refractivity contribution in [3.8, 4) is 0 Å². The summed E-state index contributed by atoms with van der Waals surface area (Å²) >= 11 is 0. The van der Waals surface area contributed by atoms with E-state index in [0.29, 0.717) is 51.6 Å². The van der Waals surface area contributed by atoms with Crippen molar-refractivity contribution in [2.45, 2.75) is 33.3 Å². The molecule has 11 nitrogen and oxygen atoms in total. The highest BCUT2D eigenvalue weighted by molar-refractivity contribution is 6.35. The van der Waals surface area contributed by atoms with Crippen LogP contribution < -0.4 is 21.3 Å². The number of amides is 5. The predicted molar refractivity (Wildman–Crippen MR) is 160 cm³/mol. The van der Waals surface area contributed by atoms with E-state index in [1.807, 2.05) is 13.8 Å². The summed E-state index contributed by atoms with van der Waals surface area (Å²) in [6, 6.07) is 7.46. The first-order valence-corrected chi connectivity index (χ1v) is 14.0. The number of aliphatic hydroxyl groups is 1. The topological polar surface area (TPSA) is 156 Å². The fourth-order valence-corrected chi connectivity index (χ4v) is 5.42. The van der Waals surface area contributed by atoms with Crippen molar-refractivity contribution < 1.29 is 28.7 Å². The minimum Gasteiger partial charge on any atom is -0.392 e. The molecule has 0 atom stereocenters. The number of likely N-dealkylation sites (tertiary alicyclic amines) is 1. The zero-order valence-corrected chi connectivity index (χ0v) is 23.9. The number of aromatic amines is 1. The molecule has 5 rings (SSSR count). The van der Waals surface area contributed by atoms with Gasteiger partial charge < -0.3 is 30.9 Å². The number of imide groups is 1. The number of nitrogens with zero attached hydrogens (tertiary/aromatic N) is 1. The van der Waals surface area contributed by atoms with Crippen LogP contribution in [-0.2, 0) is 11.4 Å². The molecule has 0 unspecified atom stereocenters. The lowest BCUT2D eigenvalue weighted by atomic mass is 10.0. The Morgan fingerprint density at radius 3 is 2.56 bits per heavy atom. The number of urea groups is 1. The Hall–Kier alpha value is -4.81. The van der Waals surface area contributed by atoms with E-state index in [9.17, 15) is 23.6 Å². The second-order valence-electron chi connectivity index (χ2n) is 10.6. The van der Waals surface area contributed by atoms with Crippen molar-refractivity contribution >= 4 is 46.8 Å². The molecule has 1 aromatic heterocycles. The van der Waals surface area contributed by atoms with Gasteiger partial charge in [0.05, 0.1) is 29.0 Å². The van der Waals surface area contributed by atoms with Gasteiger partial charge in [0.25, 0.3) is 17.7 Å². The zero-order chi connectivity index (χ0) is 30.7. The number of carbonyl (C=O) groups is 4. The fraction of sp³-hybridized carbons (Fsp3) is 0.290. The van der Waals surface area contributed by atoms with Gasteiger partial charge in [0.15, 0.2) is 0 Å². The lowest BCUT2D eigenvalue weighted by Gasteiger charge is -2.14. The monoisotopic (exact) mass is 588 g/mol. The average Bonchev–Trinajstić information content (AvgIpc) is 3.66. The standard InChI is InChI=1S/C31H33FN6O5/c1-17-25(34-18(2)27(17)30(42)33-9-12-38-10-3-4-11-38)15-23-21-8-6-20(14-26(21)36-29(23)41)35-31(43)37-28(40)22-7-5-19(16-39)13-24(22)32/h5-8,13-15,34,39H,3-4,9-12,16H2,1-2H3,(H,33,42)(H,36,41)(H2,35,37,40,43). The highest BCUT2D eigenvalue weighted by Crippen LogP contribution is 2.35. The third-order valence-corrected chi connectivity index (χ3v) is 7.65.